The summed E-state index contributed by atoms with van der Waals surface area (Å²) < 4.78 is 16.6. The molecule has 0 radical (unpaired) electrons. The minimum absolute atomic E-state index is 0.197. The summed E-state index contributed by atoms with van der Waals surface area (Å²) >= 11 is 0. The van der Waals surface area contributed by atoms with Gasteiger partial charge in [0.05, 0.1) is 7.11 Å². The van der Waals surface area contributed by atoms with Crippen molar-refractivity contribution >= 4 is 5.97 Å². The topological polar surface area (TPSA) is 48.0 Å². The summed E-state index contributed by atoms with van der Waals surface area (Å²) in [4.78, 5) is 13.4. The summed E-state index contributed by atoms with van der Waals surface area (Å²) in [7, 11) is 5.50. The van der Waals surface area contributed by atoms with Gasteiger partial charge in [0.1, 0.15) is 24.7 Å². The lowest BCUT2D eigenvalue weighted by Gasteiger charge is -2.16. The third-order valence-electron chi connectivity index (χ3n) is 5.70. The lowest BCUT2D eigenvalue weighted by Crippen LogP contribution is -2.19. The zero-order valence-electron chi connectivity index (χ0n) is 20.9. The van der Waals surface area contributed by atoms with Crippen molar-refractivity contribution in [1.29, 1.82) is 0 Å². The standard InChI is InChI=1S/C29H35NO4/c1-21-17-27(33-16-15-30(3)4)18-22(2)29(21)25-8-6-7-24(19-25)20-34-26-12-9-23(10-13-26)11-14-28(31)32-5/h6-10,12-13,17-19H,11,14-16,20H2,1-5H3. The van der Waals surface area contributed by atoms with Crippen LogP contribution in [0.25, 0.3) is 11.1 Å². The predicted octanol–water partition coefficient (Wildman–Crippen LogP) is 5.60. The number of esters is 1. The van der Waals surface area contributed by atoms with Crippen LogP contribution in [-0.4, -0.2) is 45.2 Å². The Hall–Kier alpha value is -3.31. The normalized spacial score (nSPS) is 10.9. The van der Waals surface area contributed by atoms with E-state index >= 15 is 0 Å². The van der Waals surface area contributed by atoms with Crippen molar-refractivity contribution in [3.63, 3.8) is 0 Å². The third-order valence-corrected chi connectivity index (χ3v) is 5.70. The molecule has 0 spiro atoms. The molecule has 0 saturated carbocycles. The summed E-state index contributed by atoms with van der Waals surface area (Å²) in [6.07, 6.45) is 1.04. The summed E-state index contributed by atoms with van der Waals surface area (Å²) in [5.74, 6) is 1.52. The molecule has 34 heavy (non-hydrogen) atoms. The number of carbonyl (C=O) groups is 1. The maximum absolute atomic E-state index is 11.3. The van der Waals surface area contributed by atoms with Crippen molar-refractivity contribution in [3.8, 4) is 22.6 Å². The van der Waals surface area contributed by atoms with Crippen molar-refractivity contribution in [2.75, 3.05) is 34.4 Å². The molecule has 180 valence electrons. The van der Waals surface area contributed by atoms with E-state index in [4.69, 9.17) is 14.2 Å². The first-order valence-corrected chi connectivity index (χ1v) is 11.6. The van der Waals surface area contributed by atoms with Crippen LogP contribution in [0.1, 0.15) is 28.7 Å². The van der Waals surface area contributed by atoms with Crippen molar-refractivity contribution in [2.24, 2.45) is 0 Å². The number of benzene rings is 3. The molecular formula is C29H35NO4. The fourth-order valence-corrected chi connectivity index (χ4v) is 3.89. The molecule has 5 heteroatoms. The number of methoxy groups -OCH3 is 1. The maximum atomic E-state index is 11.3. The monoisotopic (exact) mass is 461 g/mol. The molecule has 3 aromatic rings. The van der Waals surface area contributed by atoms with Crippen LogP contribution >= 0.6 is 0 Å². The highest BCUT2D eigenvalue weighted by molar-refractivity contribution is 5.72. The van der Waals surface area contributed by atoms with Gasteiger partial charge in [-0.2, -0.15) is 0 Å². The number of nitrogens with zero attached hydrogens (tertiary/aromatic N) is 1. The van der Waals surface area contributed by atoms with E-state index in [0.717, 1.165) is 29.2 Å². The highest BCUT2D eigenvalue weighted by Crippen LogP contribution is 2.31. The van der Waals surface area contributed by atoms with Crippen LogP contribution in [0, 0.1) is 13.8 Å². The average Bonchev–Trinajstić information content (AvgIpc) is 2.81. The number of ether oxygens (including phenoxy) is 3. The van der Waals surface area contributed by atoms with E-state index in [1.807, 2.05) is 38.4 Å². The lowest BCUT2D eigenvalue weighted by atomic mass is 9.94. The Labute approximate surface area is 203 Å². The minimum Gasteiger partial charge on any atom is -0.492 e. The van der Waals surface area contributed by atoms with Gasteiger partial charge in [0.15, 0.2) is 0 Å². The zero-order chi connectivity index (χ0) is 24.5. The molecule has 0 heterocycles. The van der Waals surface area contributed by atoms with E-state index in [9.17, 15) is 4.79 Å². The summed E-state index contributed by atoms with van der Waals surface area (Å²) in [5.41, 5.74) is 6.99. The molecule has 3 rings (SSSR count). The number of hydrogen-bond donors (Lipinski definition) is 0. The fourth-order valence-electron chi connectivity index (χ4n) is 3.89. The SMILES string of the molecule is COC(=O)CCc1ccc(OCc2cccc(-c3c(C)cc(OCCN(C)C)cc3C)c2)cc1. The molecule has 0 saturated heterocycles. The quantitative estimate of drug-likeness (QED) is 0.348. The van der Waals surface area contributed by atoms with Crippen LogP contribution < -0.4 is 9.47 Å². The molecule has 0 atom stereocenters. The molecule has 0 unspecified atom stereocenters. The van der Waals surface area contributed by atoms with Crippen LogP contribution in [0.2, 0.25) is 0 Å². The van der Waals surface area contributed by atoms with Gasteiger partial charge < -0.3 is 19.1 Å². The average molecular weight is 462 g/mol. The van der Waals surface area contributed by atoms with E-state index < -0.39 is 0 Å². The molecule has 0 aliphatic carbocycles. The number of hydrogen-bond acceptors (Lipinski definition) is 5. The first kappa shape index (κ1) is 25.3. The van der Waals surface area contributed by atoms with E-state index in [2.05, 4.69) is 55.1 Å². The van der Waals surface area contributed by atoms with Gasteiger partial charge >= 0.3 is 5.97 Å². The Bertz CT molecular complexity index is 1070. The van der Waals surface area contributed by atoms with Crippen LogP contribution in [0.3, 0.4) is 0 Å². The van der Waals surface area contributed by atoms with Gasteiger partial charge in [0, 0.05) is 13.0 Å². The highest BCUT2D eigenvalue weighted by atomic mass is 16.5. The molecule has 0 amide bonds. The first-order chi connectivity index (χ1) is 16.4. The van der Waals surface area contributed by atoms with Gasteiger partial charge in [-0.15, -0.1) is 0 Å². The van der Waals surface area contributed by atoms with E-state index in [0.29, 0.717) is 26.1 Å². The van der Waals surface area contributed by atoms with Crippen molar-refractivity contribution in [3.05, 3.63) is 82.9 Å². The minimum atomic E-state index is -0.197. The Morgan fingerprint density at radius 1 is 0.853 bits per heavy atom. The molecule has 0 fully saturated rings. The number of aryl methyl sites for hydroxylation is 3. The first-order valence-electron chi connectivity index (χ1n) is 11.6. The fraction of sp³-hybridized carbons (Fsp3) is 0.345. The second-order valence-corrected chi connectivity index (χ2v) is 8.79. The smallest absolute Gasteiger partial charge is 0.305 e. The van der Waals surface area contributed by atoms with Gasteiger partial charge in [-0.05, 0) is 98.1 Å². The zero-order valence-corrected chi connectivity index (χ0v) is 20.9. The van der Waals surface area contributed by atoms with Crippen molar-refractivity contribution in [2.45, 2.75) is 33.3 Å². The molecule has 0 bridgehead atoms. The predicted molar refractivity (Wildman–Crippen MR) is 137 cm³/mol. The number of likely N-dealkylation sites (N-methyl/N-ethyl adjacent to an activating group) is 1. The lowest BCUT2D eigenvalue weighted by molar-refractivity contribution is -0.140. The summed E-state index contributed by atoms with van der Waals surface area (Å²) in [6.45, 7) is 6.31. The largest absolute Gasteiger partial charge is 0.492 e. The second kappa shape index (κ2) is 12.2. The summed E-state index contributed by atoms with van der Waals surface area (Å²) in [5, 5.41) is 0. The van der Waals surface area contributed by atoms with Crippen LogP contribution in [0.5, 0.6) is 11.5 Å². The Morgan fingerprint density at radius 3 is 2.21 bits per heavy atom. The molecule has 0 aliphatic rings. The molecule has 0 N–H and O–H groups in total. The van der Waals surface area contributed by atoms with Gasteiger partial charge in [-0.25, -0.2) is 0 Å². The van der Waals surface area contributed by atoms with Gasteiger partial charge in [0.25, 0.3) is 0 Å². The number of rotatable bonds is 11. The highest BCUT2D eigenvalue weighted by Gasteiger charge is 2.10. The third kappa shape index (κ3) is 7.35. The molecular weight excluding hydrogens is 426 g/mol. The second-order valence-electron chi connectivity index (χ2n) is 8.79. The molecule has 5 nitrogen and oxygen atoms in total. The Morgan fingerprint density at radius 2 is 1.56 bits per heavy atom. The van der Waals surface area contributed by atoms with Crippen LogP contribution in [0.4, 0.5) is 0 Å². The Kier molecular flexibility index (Phi) is 9.11. The number of carbonyl (C=O) groups excluding carboxylic acids is 1. The van der Waals surface area contributed by atoms with Crippen LogP contribution in [-0.2, 0) is 22.6 Å². The molecule has 3 aromatic carbocycles. The van der Waals surface area contributed by atoms with Gasteiger partial charge in [-0.3, -0.25) is 4.79 Å². The van der Waals surface area contributed by atoms with Crippen molar-refractivity contribution in [1.82, 2.24) is 4.90 Å². The van der Waals surface area contributed by atoms with Crippen molar-refractivity contribution < 1.29 is 19.0 Å². The molecule has 0 aromatic heterocycles. The van der Waals surface area contributed by atoms with Crippen LogP contribution in [0.15, 0.2) is 60.7 Å². The van der Waals surface area contributed by atoms with E-state index in [-0.39, 0.29) is 5.97 Å². The van der Waals surface area contributed by atoms with Gasteiger partial charge in [0.2, 0.25) is 0 Å². The van der Waals surface area contributed by atoms with Gasteiger partial charge in [-0.1, -0.05) is 30.3 Å². The summed E-state index contributed by atoms with van der Waals surface area (Å²) in [6, 6.07) is 20.6. The van der Waals surface area contributed by atoms with E-state index in [1.165, 1.54) is 29.4 Å². The maximum Gasteiger partial charge on any atom is 0.305 e. The molecule has 0 aliphatic heterocycles. The van der Waals surface area contributed by atoms with E-state index in [1.54, 1.807) is 0 Å². The Balaban J connectivity index is 1.64.